The summed E-state index contributed by atoms with van der Waals surface area (Å²) in [6.45, 7) is 0.915. The molecule has 21 heavy (non-hydrogen) atoms. The number of sulfonamides is 1. The van der Waals surface area contributed by atoms with Crippen LogP contribution in [-0.2, 0) is 10.0 Å². The Morgan fingerprint density at radius 2 is 2.24 bits per heavy atom. The average Bonchev–Trinajstić information content (AvgIpc) is 2.41. The molecule has 1 fully saturated rings. The van der Waals surface area contributed by atoms with Crippen molar-refractivity contribution < 1.29 is 17.9 Å². The molecule has 0 amide bonds. The van der Waals surface area contributed by atoms with Gasteiger partial charge in [0.1, 0.15) is 5.82 Å². The van der Waals surface area contributed by atoms with Gasteiger partial charge in [-0.2, -0.15) is 0 Å². The van der Waals surface area contributed by atoms with Gasteiger partial charge in [-0.1, -0.05) is 0 Å². The summed E-state index contributed by atoms with van der Waals surface area (Å²) >= 11 is 0. The quantitative estimate of drug-likeness (QED) is 0.825. The van der Waals surface area contributed by atoms with Gasteiger partial charge in [0, 0.05) is 24.3 Å². The number of nitrogens with two attached hydrogens (primary N) is 1. The monoisotopic (exact) mass is 316 g/mol. The van der Waals surface area contributed by atoms with E-state index in [0.717, 1.165) is 12.8 Å². The molecule has 3 N–H and O–H groups in total. The largest absolute Gasteiger partial charge is 0.398 e. The SMILES string of the molecule is CS(=O)(=O)N1CCCC(CC(O)c2cc(F)ccc2N)C1. The molecule has 2 atom stereocenters. The first-order valence-corrected chi connectivity index (χ1v) is 8.80. The summed E-state index contributed by atoms with van der Waals surface area (Å²) < 4.78 is 37.8. The molecule has 1 heterocycles. The van der Waals surface area contributed by atoms with Gasteiger partial charge >= 0.3 is 0 Å². The molecule has 1 saturated heterocycles. The van der Waals surface area contributed by atoms with Gasteiger partial charge < -0.3 is 10.8 Å². The van der Waals surface area contributed by atoms with E-state index in [2.05, 4.69) is 0 Å². The van der Waals surface area contributed by atoms with Crippen LogP contribution in [0.4, 0.5) is 10.1 Å². The van der Waals surface area contributed by atoms with Gasteiger partial charge in [0.05, 0.1) is 12.4 Å². The van der Waals surface area contributed by atoms with Crippen molar-refractivity contribution in [1.82, 2.24) is 4.31 Å². The Hall–Kier alpha value is -1.18. The molecule has 0 aliphatic carbocycles. The second kappa shape index (κ2) is 6.29. The van der Waals surface area contributed by atoms with E-state index in [1.54, 1.807) is 0 Å². The molecule has 1 aromatic rings. The van der Waals surface area contributed by atoms with E-state index in [1.165, 1.54) is 28.8 Å². The van der Waals surface area contributed by atoms with Crippen LogP contribution in [0.2, 0.25) is 0 Å². The van der Waals surface area contributed by atoms with Gasteiger partial charge in [0.25, 0.3) is 0 Å². The zero-order valence-electron chi connectivity index (χ0n) is 12.0. The number of piperidine rings is 1. The molecule has 1 aliphatic heterocycles. The Labute approximate surface area is 124 Å². The molecular weight excluding hydrogens is 295 g/mol. The van der Waals surface area contributed by atoms with E-state index >= 15 is 0 Å². The van der Waals surface area contributed by atoms with Crippen LogP contribution in [-0.4, -0.2) is 37.2 Å². The molecule has 0 bridgehead atoms. The van der Waals surface area contributed by atoms with Crippen LogP contribution in [0.3, 0.4) is 0 Å². The Bertz CT molecular complexity index is 606. The Morgan fingerprint density at radius 3 is 2.90 bits per heavy atom. The number of aliphatic hydroxyl groups excluding tert-OH is 1. The third-order valence-corrected chi connectivity index (χ3v) is 5.18. The van der Waals surface area contributed by atoms with Crippen molar-refractivity contribution in [2.75, 3.05) is 25.1 Å². The number of anilines is 1. The summed E-state index contributed by atoms with van der Waals surface area (Å²) in [5.41, 5.74) is 6.47. The second-order valence-electron chi connectivity index (χ2n) is 5.65. The molecule has 2 rings (SSSR count). The third kappa shape index (κ3) is 4.15. The molecule has 1 aliphatic rings. The fourth-order valence-electron chi connectivity index (χ4n) is 2.80. The lowest BCUT2D eigenvalue weighted by Crippen LogP contribution is -2.39. The number of halogens is 1. The fraction of sp³-hybridized carbons (Fsp3) is 0.571. The van der Waals surface area contributed by atoms with E-state index in [1.807, 2.05) is 0 Å². The number of hydrogen-bond donors (Lipinski definition) is 2. The minimum absolute atomic E-state index is 0.0474. The number of hydrogen-bond acceptors (Lipinski definition) is 4. The maximum Gasteiger partial charge on any atom is 0.211 e. The Morgan fingerprint density at radius 1 is 1.52 bits per heavy atom. The first kappa shape index (κ1) is 16.2. The van der Waals surface area contributed by atoms with Crippen molar-refractivity contribution >= 4 is 15.7 Å². The lowest BCUT2D eigenvalue weighted by Gasteiger charge is -2.32. The highest BCUT2D eigenvalue weighted by Gasteiger charge is 2.28. The van der Waals surface area contributed by atoms with Crippen LogP contribution in [0.15, 0.2) is 18.2 Å². The summed E-state index contributed by atoms with van der Waals surface area (Å²) in [6.07, 6.45) is 2.29. The predicted octanol–water partition coefficient (Wildman–Crippen LogP) is 1.50. The molecule has 2 unspecified atom stereocenters. The highest BCUT2D eigenvalue weighted by molar-refractivity contribution is 7.88. The number of benzene rings is 1. The number of nitrogen functional groups attached to an aromatic ring is 1. The molecular formula is C14H21FN2O3S. The van der Waals surface area contributed by atoms with Crippen molar-refractivity contribution in [2.24, 2.45) is 5.92 Å². The number of rotatable bonds is 4. The number of aliphatic hydroxyl groups is 1. The van der Waals surface area contributed by atoms with Crippen molar-refractivity contribution in [1.29, 1.82) is 0 Å². The van der Waals surface area contributed by atoms with Gasteiger partial charge in [0.2, 0.25) is 10.0 Å². The average molecular weight is 316 g/mol. The van der Waals surface area contributed by atoms with Crippen molar-refractivity contribution in [3.05, 3.63) is 29.6 Å². The molecule has 5 nitrogen and oxygen atoms in total. The molecule has 1 aromatic carbocycles. The highest BCUT2D eigenvalue weighted by Crippen LogP contribution is 2.31. The zero-order valence-corrected chi connectivity index (χ0v) is 12.8. The van der Waals surface area contributed by atoms with Crippen LogP contribution >= 0.6 is 0 Å². The molecule has 118 valence electrons. The van der Waals surface area contributed by atoms with Gasteiger partial charge in [-0.3, -0.25) is 0 Å². The minimum atomic E-state index is -3.21. The van der Waals surface area contributed by atoms with Crippen LogP contribution in [0, 0.1) is 11.7 Å². The van der Waals surface area contributed by atoms with E-state index in [9.17, 15) is 17.9 Å². The topological polar surface area (TPSA) is 83.6 Å². The summed E-state index contributed by atoms with van der Waals surface area (Å²) in [5, 5.41) is 10.3. The van der Waals surface area contributed by atoms with E-state index in [4.69, 9.17) is 5.73 Å². The first-order chi connectivity index (χ1) is 9.77. The summed E-state index contributed by atoms with van der Waals surface area (Å²) in [7, 11) is -3.21. The van der Waals surface area contributed by atoms with Crippen LogP contribution in [0.25, 0.3) is 0 Å². The van der Waals surface area contributed by atoms with Crippen molar-refractivity contribution in [3.8, 4) is 0 Å². The highest BCUT2D eigenvalue weighted by atomic mass is 32.2. The fourth-order valence-corrected chi connectivity index (χ4v) is 3.74. The van der Waals surface area contributed by atoms with E-state index < -0.39 is 21.9 Å². The molecule has 0 aromatic heterocycles. The van der Waals surface area contributed by atoms with Crippen molar-refractivity contribution in [2.45, 2.75) is 25.4 Å². The van der Waals surface area contributed by atoms with Gasteiger partial charge in [-0.25, -0.2) is 17.1 Å². The predicted molar refractivity (Wildman–Crippen MR) is 79.5 cm³/mol. The summed E-state index contributed by atoms with van der Waals surface area (Å²) in [6, 6.07) is 3.91. The zero-order chi connectivity index (χ0) is 15.6. The van der Waals surface area contributed by atoms with Crippen LogP contribution in [0.5, 0.6) is 0 Å². The summed E-state index contributed by atoms with van der Waals surface area (Å²) in [5.74, 6) is -0.397. The Kier molecular flexibility index (Phi) is 4.85. The maximum atomic E-state index is 13.3. The van der Waals surface area contributed by atoms with Crippen molar-refractivity contribution in [3.63, 3.8) is 0 Å². The molecule has 0 radical (unpaired) electrons. The van der Waals surface area contributed by atoms with Gasteiger partial charge in [-0.05, 0) is 43.4 Å². The normalized spacial score (nSPS) is 22.1. The molecule has 0 saturated carbocycles. The van der Waals surface area contributed by atoms with Gasteiger partial charge in [0.15, 0.2) is 0 Å². The maximum absolute atomic E-state index is 13.3. The molecule has 7 heteroatoms. The molecule has 0 spiro atoms. The van der Waals surface area contributed by atoms with Gasteiger partial charge in [-0.15, -0.1) is 0 Å². The standard InChI is InChI=1S/C14H21FN2O3S/c1-21(19,20)17-6-2-3-10(9-17)7-14(18)12-8-11(15)4-5-13(12)16/h4-5,8,10,14,18H,2-3,6-7,9,16H2,1H3. The Balaban J connectivity index is 2.05. The number of nitrogens with zero attached hydrogens (tertiary/aromatic N) is 1. The van der Waals surface area contributed by atoms with E-state index in [0.29, 0.717) is 30.8 Å². The summed E-state index contributed by atoms with van der Waals surface area (Å²) in [4.78, 5) is 0. The first-order valence-electron chi connectivity index (χ1n) is 6.95. The smallest absolute Gasteiger partial charge is 0.211 e. The minimum Gasteiger partial charge on any atom is -0.398 e. The third-order valence-electron chi connectivity index (χ3n) is 3.92. The second-order valence-corrected chi connectivity index (χ2v) is 7.64. The van der Waals surface area contributed by atoms with Crippen LogP contribution < -0.4 is 5.73 Å². The van der Waals surface area contributed by atoms with Crippen LogP contribution in [0.1, 0.15) is 30.9 Å². The van der Waals surface area contributed by atoms with E-state index in [-0.39, 0.29) is 5.92 Å². The lowest BCUT2D eigenvalue weighted by molar-refractivity contribution is 0.123. The lowest BCUT2D eigenvalue weighted by atomic mass is 9.90.